The van der Waals surface area contributed by atoms with E-state index < -0.39 is 0 Å². The van der Waals surface area contributed by atoms with E-state index in [1.54, 1.807) is 31.5 Å². The van der Waals surface area contributed by atoms with Crippen molar-refractivity contribution < 1.29 is 9.53 Å². The Balaban J connectivity index is 2.01. The first-order valence-corrected chi connectivity index (χ1v) is 6.09. The van der Waals surface area contributed by atoms with E-state index in [9.17, 15) is 4.79 Å². The van der Waals surface area contributed by atoms with E-state index in [4.69, 9.17) is 4.74 Å². The summed E-state index contributed by atoms with van der Waals surface area (Å²) >= 11 is 0. The van der Waals surface area contributed by atoms with Crippen molar-refractivity contribution in [3.05, 3.63) is 42.1 Å². The van der Waals surface area contributed by atoms with Crippen LogP contribution in [0.3, 0.4) is 0 Å². The predicted octanol–water partition coefficient (Wildman–Crippen LogP) is 2.15. The summed E-state index contributed by atoms with van der Waals surface area (Å²) in [5, 5.41) is 3.19. The van der Waals surface area contributed by atoms with Crippen LogP contribution in [0, 0.1) is 0 Å². The minimum Gasteiger partial charge on any atom is -0.462 e. The number of hydrogen-bond acceptors (Lipinski definition) is 5. The van der Waals surface area contributed by atoms with E-state index in [1.165, 1.54) is 6.20 Å². The Bertz CT molecular complexity index is 522. The van der Waals surface area contributed by atoms with Gasteiger partial charge in [-0.2, -0.15) is 0 Å². The quantitative estimate of drug-likeness (QED) is 0.805. The SMILES string of the molecule is CCOC(=O)c1ccc(NC(C)c2ncc[nH]2)nc1. The van der Waals surface area contributed by atoms with Crippen LogP contribution in [0.25, 0.3) is 0 Å². The molecule has 0 aliphatic heterocycles. The van der Waals surface area contributed by atoms with Crippen LogP contribution in [0.15, 0.2) is 30.7 Å². The second-order valence-electron chi connectivity index (χ2n) is 3.99. The van der Waals surface area contributed by atoms with Crippen molar-refractivity contribution in [2.75, 3.05) is 11.9 Å². The second kappa shape index (κ2) is 5.99. The summed E-state index contributed by atoms with van der Waals surface area (Å²) in [6.07, 6.45) is 4.96. The molecule has 2 heterocycles. The molecule has 19 heavy (non-hydrogen) atoms. The zero-order valence-corrected chi connectivity index (χ0v) is 10.9. The number of esters is 1. The van der Waals surface area contributed by atoms with E-state index in [2.05, 4.69) is 20.3 Å². The number of ether oxygens (including phenoxy) is 1. The first kappa shape index (κ1) is 13.1. The van der Waals surface area contributed by atoms with Gasteiger partial charge in [-0.25, -0.2) is 14.8 Å². The molecule has 6 heteroatoms. The van der Waals surface area contributed by atoms with E-state index in [1.807, 2.05) is 6.92 Å². The highest BCUT2D eigenvalue weighted by atomic mass is 16.5. The first-order valence-electron chi connectivity index (χ1n) is 6.09. The number of carbonyl (C=O) groups excluding carboxylic acids is 1. The maximum atomic E-state index is 11.5. The van der Waals surface area contributed by atoms with Crippen molar-refractivity contribution in [3.8, 4) is 0 Å². The largest absolute Gasteiger partial charge is 0.462 e. The number of nitrogens with zero attached hydrogens (tertiary/aromatic N) is 2. The van der Waals surface area contributed by atoms with Crippen LogP contribution < -0.4 is 5.32 Å². The fraction of sp³-hybridized carbons (Fsp3) is 0.308. The summed E-state index contributed by atoms with van der Waals surface area (Å²) in [5.74, 6) is 1.15. The highest BCUT2D eigenvalue weighted by Crippen LogP contribution is 2.14. The van der Waals surface area contributed by atoms with Gasteiger partial charge < -0.3 is 15.0 Å². The molecule has 6 nitrogen and oxygen atoms in total. The lowest BCUT2D eigenvalue weighted by atomic mass is 10.2. The topological polar surface area (TPSA) is 79.9 Å². The fourth-order valence-electron chi connectivity index (χ4n) is 1.62. The third-order valence-electron chi connectivity index (χ3n) is 2.57. The van der Waals surface area contributed by atoms with Crippen LogP contribution in [-0.4, -0.2) is 27.5 Å². The van der Waals surface area contributed by atoms with Gasteiger partial charge in [0.2, 0.25) is 0 Å². The summed E-state index contributed by atoms with van der Waals surface area (Å²) in [5.41, 5.74) is 0.443. The lowest BCUT2D eigenvalue weighted by Gasteiger charge is -2.12. The Morgan fingerprint density at radius 2 is 2.32 bits per heavy atom. The van der Waals surface area contributed by atoms with Crippen molar-refractivity contribution in [3.63, 3.8) is 0 Å². The molecule has 0 amide bonds. The highest BCUT2D eigenvalue weighted by Gasteiger charge is 2.10. The number of pyridine rings is 1. The smallest absolute Gasteiger partial charge is 0.339 e. The van der Waals surface area contributed by atoms with E-state index in [0.717, 1.165) is 5.82 Å². The van der Waals surface area contributed by atoms with Gasteiger partial charge in [0.1, 0.15) is 11.6 Å². The molecule has 2 aromatic heterocycles. The van der Waals surface area contributed by atoms with Crippen molar-refractivity contribution in [1.29, 1.82) is 0 Å². The normalized spacial score (nSPS) is 11.9. The van der Waals surface area contributed by atoms with Crippen LogP contribution in [-0.2, 0) is 4.74 Å². The number of hydrogen-bond donors (Lipinski definition) is 2. The van der Waals surface area contributed by atoms with Crippen molar-refractivity contribution >= 4 is 11.8 Å². The Hall–Kier alpha value is -2.37. The lowest BCUT2D eigenvalue weighted by Crippen LogP contribution is -2.10. The van der Waals surface area contributed by atoms with Gasteiger partial charge in [-0.3, -0.25) is 0 Å². The van der Waals surface area contributed by atoms with Gasteiger partial charge in [-0.15, -0.1) is 0 Å². The van der Waals surface area contributed by atoms with Gasteiger partial charge in [0.25, 0.3) is 0 Å². The van der Waals surface area contributed by atoms with Crippen LogP contribution in [0.2, 0.25) is 0 Å². The number of aromatic amines is 1. The molecule has 0 saturated carbocycles. The molecule has 1 unspecified atom stereocenters. The molecule has 0 spiro atoms. The van der Waals surface area contributed by atoms with Crippen molar-refractivity contribution in [2.24, 2.45) is 0 Å². The molecule has 1 atom stereocenters. The molecule has 0 aliphatic carbocycles. The monoisotopic (exact) mass is 260 g/mol. The number of rotatable bonds is 5. The number of carbonyl (C=O) groups is 1. The van der Waals surface area contributed by atoms with E-state index in [0.29, 0.717) is 18.0 Å². The zero-order chi connectivity index (χ0) is 13.7. The Morgan fingerprint density at radius 3 is 2.89 bits per heavy atom. The minimum absolute atomic E-state index is 0.0101. The standard InChI is InChI=1S/C13H16N4O2/c1-3-19-13(18)10-4-5-11(16-8-10)17-9(2)12-14-6-7-15-12/h4-9H,3H2,1-2H3,(H,14,15)(H,16,17). The molecule has 2 rings (SSSR count). The summed E-state index contributed by atoms with van der Waals surface area (Å²) in [6, 6.07) is 3.43. The number of H-pyrrole nitrogens is 1. The second-order valence-corrected chi connectivity index (χ2v) is 3.99. The van der Waals surface area contributed by atoms with Gasteiger partial charge in [0, 0.05) is 18.6 Å². The van der Waals surface area contributed by atoms with E-state index in [-0.39, 0.29) is 12.0 Å². The zero-order valence-electron chi connectivity index (χ0n) is 10.9. The Labute approximate surface area is 111 Å². The molecule has 2 aromatic rings. The molecule has 0 aliphatic rings. The molecule has 0 saturated heterocycles. The third-order valence-corrected chi connectivity index (χ3v) is 2.57. The van der Waals surface area contributed by atoms with Crippen molar-refractivity contribution in [1.82, 2.24) is 15.0 Å². The maximum absolute atomic E-state index is 11.5. The van der Waals surface area contributed by atoms with Gasteiger partial charge in [-0.05, 0) is 26.0 Å². The molecule has 0 bridgehead atoms. The molecular formula is C13H16N4O2. The predicted molar refractivity (Wildman–Crippen MR) is 70.8 cm³/mol. The number of anilines is 1. The third kappa shape index (κ3) is 3.31. The average Bonchev–Trinajstić information content (AvgIpc) is 2.94. The summed E-state index contributed by atoms with van der Waals surface area (Å²) in [7, 11) is 0. The number of imidazole rings is 1. The van der Waals surface area contributed by atoms with Gasteiger partial charge in [0.15, 0.2) is 0 Å². The maximum Gasteiger partial charge on any atom is 0.339 e. The molecule has 100 valence electrons. The Morgan fingerprint density at radius 1 is 1.47 bits per heavy atom. The Kier molecular flexibility index (Phi) is 4.12. The molecule has 2 N–H and O–H groups in total. The molecule has 0 radical (unpaired) electrons. The molecule has 0 fully saturated rings. The summed E-state index contributed by atoms with van der Waals surface area (Å²) in [6.45, 7) is 4.10. The van der Waals surface area contributed by atoms with Crippen LogP contribution in [0.1, 0.15) is 36.1 Å². The highest BCUT2D eigenvalue weighted by molar-refractivity contribution is 5.89. The number of nitrogens with one attached hydrogen (secondary N) is 2. The number of aromatic nitrogens is 3. The fourth-order valence-corrected chi connectivity index (χ4v) is 1.62. The minimum atomic E-state index is -0.361. The molecular weight excluding hydrogens is 244 g/mol. The van der Waals surface area contributed by atoms with Gasteiger partial charge >= 0.3 is 5.97 Å². The first-order chi connectivity index (χ1) is 9.20. The summed E-state index contributed by atoms with van der Waals surface area (Å²) in [4.78, 5) is 22.8. The van der Waals surface area contributed by atoms with E-state index >= 15 is 0 Å². The van der Waals surface area contributed by atoms with Gasteiger partial charge in [-0.1, -0.05) is 0 Å². The summed E-state index contributed by atoms with van der Waals surface area (Å²) < 4.78 is 4.89. The van der Waals surface area contributed by atoms with Crippen LogP contribution in [0.4, 0.5) is 5.82 Å². The van der Waals surface area contributed by atoms with Crippen molar-refractivity contribution in [2.45, 2.75) is 19.9 Å². The average molecular weight is 260 g/mol. The van der Waals surface area contributed by atoms with Crippen LogP contribution in [0.5, 0.6) is 0 Å². The van der Waals surface area contributed by atoms with Gasteiger partial charge in [0.05, 0.1) is 18.2 Å². The van der Waals surface area contributed by atoms with Crippen LogP contribution >= 0.6 is 0 Å². The lowest BCUT2D eigenvalue weighted by molar-refractivity contribution is 0.0526. The molecule has 0 aromatic carbocycles.